The van der Waals surface area contributed by atoms with Crippen LogP contribution in [0.3, 0.4) is 0 Å². The molecule has 0 radical (unpaired) electrons. The summed E-state index contributed by atoms with van der Waals surface area (Å²) in [5, 5.41) is 28.4. The normalized spacial score (nSPS) is 46.4. The van der Waals surface area contributed by atoms with Crippen LogP contribution in [0.2, 0.25) is 0 Å². The standard InChI is InChI=1S/C9H18O4/c1-3-5-7(10)9(12)8(11)6(4-2)13-5/h5-12H,3-4H2,1-2H3. The van der Waals surface area contributed by atoms with Gasteiger partial charge in [0.15, 0.2) is 0 Å². The van der Waals surface area contributed by atoms with E-state index in [1.807, 2.05) is 13.8 Å². The second kappa shape index (κ2) is 4.37. The van der Waals surface area contributed by atoms with Crippen molar-refractivity contribution in [1.29, 1.82) is 0 Å². The van der Waals surface area contributed by atoms with Crippen molar-refractivity contribution in [3.63, 3.8) is 0 Å². The van der Waals surface area contributed by atoms with Gasteiger partial charge < -0.3 is 20.1 Å². The van der Waals surface area contributed by atoms with Crippen LogP contribution in [0.5, 0.6) is 0 Å². The van der Waals surface area contributed by atoms with E-state index in [-0.39, 0.29) is 12.2 Å². The van der Waals surface area contributed by atoms with Gasteiger partial charge in [0.2, 0.25) is 0 Å². The van der Waals surface area contributed by atoms with Crippen LogP contribution >= 0.6 is 0 Å². The minimum Gasteiger partial charge on any atom is -0.388 e. The van der Waals surface area contributed by atoms with Crippen LogP contribution in [-0.4, -0.2) is 45.8 Å². The van der Waals surface area contributed by atoms with Gasteiger partial charge in [0.05, 0.1) is 12.2 Å². The van der Waals surface area contributed by atoms with Gasteiger partial charge in [0, 0.05) is 0 Å². The highest BCUT2D eigenvalue weighted by Gasteiger charge is 2.41. The molecule has 0 aromatic rings. The zero-order chi connectivity index (χ0) is 10.0. The molecule has 0 aliphatic carbocycles. The monoisotopic (exact) mass is 190 g/mol. The lowest BCUT2D eigenvalue weighted by molar-refractivity contribution is -0.222. The third-order valence-electron chi connectivity index (χ3n) is 2.62. The van der Waals surface area contributed by atoms with Crippen molar-refractivity contribution >= 4 is 0 Å². The van der Waals surface area contributed by atoms with Gasteiger partial charge in [-0.2, -0.15) is 0 Å². The van der Waals surface area contributed by atoms with Crippen molar-refractivity contribution in [3.05, 3.63) is 0 Å². The summed E-state index contributed by atoms with van der Waals surface area (Å²) in [6, 6.07) is 0. The highest BCUT2D eigenvalue weighted by molar-refractivity contribution is 4.90. The van der Waals surface area contributed by atoms with Crippen LogP contribution in [0.15, 0.2) is 0 Å². The Morgan fingerprint density at radius 3 is 1.54 bits per heavy atom. The number of hydrogen-bond donors (Lipinski definition) is 3. The molecular weight excluding hydrogens is 172 g/mol. The summed E-state index contributed by atoms with van der Waals surface area (Å²) < 4.78 is 5.42. The van der Waals surface area contributed by atoms with Crippen molar-refractivity contribution < 1.29 is 20.1 Å². The molecule has 0 amide bonds. The lowest BCUT2D eigenvalue weighted by Gasteiger charge is -2.40. The molecule has 4 atom stereocenters. The fourth-order valence-corrected chi connectivity index (χ4v) is 1.70. The Hall–Kier alpha value is -0.160. The topological polar surface area (TPSA) is 69.9 Å². The van der Waals surface area contributed by atoms with E-state index in [4.69, 9.17) is 4.74 Å². The van der Waals surface area contributed by atoms with Crippen molar-refractivity contribution in [2.75, 3.05) is 0 Å². The van der Waals surface area contributed by atoms with E-state index in [1.54, 1.807) is 0 Å². The van der Waals surface area contributed by atoms with Gasteiger partial charge in [0.1, 0.15) is 18.3 Å². The van der Waals surface area contributed by atoms with Crippen molar-refractivity contribution in [2.24, 2.45) is 0 Å². The summed E-state index contributed by atoms with van der Waals surface area (Å²) in [5.74, 6) is 0. The van der Waals surface area contributed by atoms with E-state index in [0.717, 1.165) is 0 Å². The van der Waals surface area contributed by atoms with Crippen LogP contribution in [-0.2, 0) is 4.74 Å². The zero-order valence-corrected chi connectivity index (χ0v) is 8.05. The third kappa shape index (κ3) is 2.02. The van der Waals surface area contributed by atoms with Crippen LogP contribution in [0.4, 0.5) is 0 Å². The second-order valence-electron chi connectivity index (χ2n) is 3.50. The maximum atomic E-state index is 9.49. The Morgan fingerprint density at radius 1 is 0.846 bits per heavy atom. The maximum absolute atomic E-state index is 9.49. The summed E-state index contributed by atoms with van der Waals surface area (Å²) in [6.07, 6.45) is -2.45. The van der Waals surface area contributed by atoms with Gasteiger partial charge in [-0.3, -0.25) is 0 Å². The first-order valence-corrected chi connectivity index (χ1v) is 4.81. The van der Waals surface area contributed by atoms with E-state index in [9.17, 15) is 15.3 Å². The molecule has 3 N–H and O–H groups in total. The lowest BCUT2D eigenvalue weighted by atomic mass is 9.93. The predicted octanol–water partition coefficient (Wildman–Crippen LogP) is -0.344. The number of aliphatic hydroxyl groups excluding tert-OH is 3. The molecule has 78 valence electrons. The predicted molar refractivity (Wildman–Crippen MR) is 47.3 cm³/mol. The molecule has 1 saturated heterocycles. The van der Waals surface area contributed by atoms with Gasteiger partial charge >= 0.3 is 0 Å². The summed E-state index contributed by atoms with van der Waals surface area (Å²) >= 11 is 0. The van der Waals surface area contributed by atoms with Gasteiger partial charge in [-0.1, -0.05) is 13.8 Å². The van der Waals surface area contributed by atoms with Gasteiger partial charge in [-0.15, -0.1) is 0 Å². The highest BCUT2D eigenvalue weighted by atomic mass is 16.5. The highest BCUT2D eigenvalue weighted by Crippen LogP contribution is 2.24. The fourth-order valence-electron chi connectivity index (χ4n) is 1.70. The van der Waals surface area contributed by atoms with E-state index < -0.39 is 18.3 Å². The molecule has 1 fully saturated rings. The summed E-state index contributed by atoms with van der Waals surface area (Å²) in [7, 11) is 0. The molecule has 0 saturated carbocycles. The first kappa shape index (κ1) is 10.9. The van der Waals surface area contributed by atoms with E-state index in [0.29, 0.717) is 12.8 Å². The third-order valence-corrected chi connectivity index (χ3v) is 2.62. The summed E-state index contributed by atoms with van der Waals surface area (Å²) in [6.45, 7) is 3.76. The number of hydrogen-bond acceptors (Lipinski definition) is 4. The first-order chi connectivity index (χ1) is 6.11. The van der Waals surface area contributed by atoms with Crippen LogP contribution in [0.1, 0.15) is 26.7 Å². The van der Waals surface area contributed by atoms with E-state index >= 15 is 0 Å². The quantitative estimate of drug-likeness (QED) is 0.557. The van der Waals surface area contributed by atoms with E-state index in [1.165, 1.54) is 0 Å². The van der Waals surface area contributed by atoms with Crippen LogP contribution in [0, 0.1) is 0 Å². The molecule has 4 heteroatoms. The minimum atomic E-state index is -1.08. The smallest absolute Gasteiger partial charge is 0.111 e. The Bertz CT molecular complexity index is 142. The molecule has 1 rings (SSSR count). The lowest BCUT2D eigenvalue weighted by Crippen LogP contribution is -2.57. The van der Waals surface area contributed by atoms with Gasteiger partial charge in [-0.05, 0) is 12.8 Å². The molecule has 13 heavy (non-hydrogen) atoms. The fraction of sp³-hybridized carbons (Fsp3) is 1.00. The van der Waals surface area contributed by atoms with Crippen molar-refractivity contribution in [2.45, 2.75) is 57.2 Å². The van der Waals surface area contributed by atoms with Crippen molar-refractivity contribution in [1.82, 2.24) is 0 Å². The Labute approximate surface area is 78.1 Å². The summed E-state index contributed by atoms with van der Waals surface area (Å²) in [5.41, 5.74) is 0. The Kier molecular flexibility index (Phi) is 3.67. The van der Waals surface area contributed by atoms with Crippen LogP contribution < -0.4 is 0 Å². The first-order valence-electron chi connectivity index (χ1n) is 4.81. The average molecular weight is 190 g/mol. The number of aliphatic hydroxyl groups is 3. The molecule has 4 unspecified atom stereocenters. The number of ether oxygens (including phenoxy) is 1. The zero-order valence-electron chi connectivity index (χ0n) is 8.05. The molecule has 1 aliphatic rings. The van der Waals surface area contributed by atoms with Gasteiger partial charge in [-0.25, -0.2) is 0 Å². The maximum Gasteiger partial charge on any atom is 0.111 e. The molecule has 4 nitrogen and oxygen atoms in total. The van der Waals surface area contributed by atoms with E-state index in [2.05, 4.69) is 0 Å². The van der Waals surface area contributed by atoms with Crippen LogP contribution in [0.25, 0.3) is 0 Å². The molecule has 0 spiro atoms. The van der Waals surface area contributed by atoms with Crippen molar-refractivity contribution in [3.8, 4) is 0 Å². The molecule has 0 bridgehead atoms. The molecule has 0 aromatic carbocycles. The molecule has 1 heterocycles. The number of rotatable bonds is 2. The molecular formula is C9H18O4. The average Bonchev–Trinajstić information content (AvgIpc) is 2.15. The largest absolute Gasteiger partial charge is 0.388 e. The second-order valence-corrected chi connectivity index (χ2v) is 3.50. The SMILES string of the molecule is CCC1OC(CC)C(O)C(O)C1O. The minimum absolute atomic E-state index is 0.358. The summed E-state index contributed by atoms with van der Waals surface area (Å²) in [4.78, 5) is 0. The Morgan fingerprint density at radius 2 is 1.23 bits per heavy atom. The Balaban J connectivity index is 2.66. The molecule has 1 aliphatic heterocycles. The molecule has 0 aromatic heterocycles. The van der Waals surface area contributed by atoms with Gasteiger partial charge in [0.25, 0.3) is 0 Å².